The van der Waals surface area contributed by atoms with Gasteiger partial charge in [-0.1, -0.05) is 29.8 Å². The van der Waals surface area contributed by atoms with Gasteiger partial charge in [0.25, 0.3) is 0 Å². The predicted molar refractivity (Wildman–Crippen MR) is 116 cm³/mol. The standard InChI is InChI=1S/C23H22BrNO4/c1-15-3-5-16(6-4-15)13-27-23-19(24)9-17(10-22(23)26-2)12-25-18-7-8-20-21(11-18)29-14-28-20/h3-11,25H,12-14H2,1-2H3. The van der Waals surface area contributed by atoms with E-state index in [0.29, 0.717) is 24.7 Å². The molecule has 0 saturated carbocycles. The molecule has 0 spiro atoms. The highest BCUT2D eigenvalue weighted by molar-refractivity contribution is 9.10. The van der Waals surface area contributed by atoms with E-state index in [4.69, 9.17) is 18.9 Å². The van der Waals surface area contributed by atoms with Gasteiger partial charge in [0.15, 0.2) is 23.0 Å². The van der Waals surface area contributed by atoms with Crippen LogP contribution in [0.15, 0.2) is 59.1 Å². The smallest absolute Gasteiger partial charge is 0.231 e. The monoisotopic (exact) mass is 455 g/mol. The van der Waals surface area contributed by atoms with Gasteiger partial charge in [0.05, 0.1) is 11.6 Å². The van der Waals surface area contributed by atoms with E-state index < -0.39 is 0 Å². The van der Waals surface area contributed by atoms with Crippen LogP contribution in [0.4, 0.5) is 5.69 Å². The summed E-state index contributed by atoms with van der Waals surface area (Å²) < 4.78 is 23.2. The summed E-state index contributed by atoms with van der Waals surface area (Å²) in [5.41, 5.74) is 4.36. The summed E-state index contributed by atoms with van der Waals surface area (Å²) in [7, 11) is 1.65. The first kappa shape index (κ1) is 19.5. The van der Waals surface area contributed by atoms with E-state index in [1.807, 2.05) is 30.3 Å². The van der Waals surface area contributed by atoms with E-state index in [2.05, 4.69) is 52.4 Å². The van der Waals surface area contributed by atoms with Crippen LogP contribution in [0.5, 0.6) is 23.0 Å². The van der Waals surface area contributed by atoms with E-state index in [1.54, 1.807) is 7.11 Å². The Morgan fingerprint density at radius 2 is 1.76 bits per heavy atom. The molecule has 0 radical (unpaired) electrons. The van der Waals surface area contributed by atoms with Crippen LogP contribution in [-0.2, 0) is 13.2 Å². The molecule has 3 aromatic rings. The fourth-order valence-electron chi connectivity index (χ4n) is 3.07. The molecule has 1 heterocycles. The van der Waals surface area contributed by atoms with Crippen molar-refractivity contribution in [3.05, 3.63) is 75.8 Å². The summed E-state index contributed by atoms with van der Waals surface area (Å²) >= 11 is 3.62. The van der Waals surface area contributed by atoms with Crippen molar-refractivity contribution in [1.82, 2.24) is 0 Å². The van der Waals surface area contributed by atoms with Crippen molar-refractivity contribution in [2.24, 2.45) is 0 Å². The fraction of sp³-hybridized carbons (Fsp3) is 0.217. The minimum atomic E-state index is 0.271. The molecule has 0 fully saturated rings. The molecule has 5 nitrogen and oxygen atoms in total. The Balaban J connectivity index is 1.44. The molecule has 3 aromatic carbocycles. The molecule has 29 heavy (non-hydrogen) atoms. The van der Waals surface area contributed by atoms with E-state index in [9.17, 15) is 0 Å². The van der Waals surface area contributed by atoms with Crippen LogP contribution in [-0.4, -0.2) is 13.9 Å². The lowest BCUT2D eigenvalue weighted by Gasteiger charge is -2.15. The van der Waals surface area contributed by atoms with Gasteiger partial charge in [0, 0.05) is 18.3 Å². The Bertz CT molecular complexity index is 1000. The summed E-state index contributed by atoms with van der Waals surface area (Å²) in [5.74, 6) is 2.91. The first-order valence-corrected chi connectivity index (χ1v) is 10.1. The Kier molecular flexibility index (Phi) is 5.81. The maximum absolute atomic E-state index is 6.03. The molecule has 4 rings (SSSR count). The molecule has 150 valence electrons. The number of hydrogen-bond donors (Lipinski definition) is 1. The van der Waals surface area contributed by atoms with E-state index in [1.165, 1.54) is 5.56 Å². The van der Waals surface area contributed by atoms with Crippen LogP contribution >= 0.6 is 15.9 Å². The number of hydrogen-bond acceptors (Lipinski definition) is 5. The number of methoxy groups -OCH3 is 1. The Morgan fingerprint density at radius 3 is 2.55 bits per heavy atom. The number of ether oxygens (including phenoxy) is 4. The van der Waals surface area contributed by atoms with Crippen molar-refractivity contribution in [3.8, 4) is 23.0 Å². The lowest BCUT2D eigenvalue weighted by Crippen LogP contribution is -2.03. The van der Waals surface area contributed by atoms with Gasteiger partial charge in [-0.3, -0.25) is 0 Å². The quantitative estimate of drug-likeness (QED) is 0.496. The third kappa shape index (κ3) is 4.59. The van der Waals surface area contributed by atoms with Gasteiger partial charge in [-0.25, -0.2) is 0 Å². The van der Waals surface area contributed by atoms with Crippen LogP contribution in [0.3, 0.4) is 0 Å². The van der Waals surface area contributed by atoms with Gasteiger partial charge >= 0.3 is 0 Å². The largest absolute Gasteiger partial charge is 0.493 e. The van der Waals surface area contributed by atoms with Gasteiger partial charge in [0.1, 0.15) is 6.61 Å². The lowest BCUT2D eigenvalue weighted by molar-refractivity contribution is 0.174. The lowest BCUT2D eigenvalue weighted by atomic mass is 10.1. The molecule has 0 aromatic heterocycles. The third-order valence-corrected chi connectivity index (χ3v) is 5.25. The first-order chi connectivity index (χ1) is 14.1. The number of halogens is 1. The average Bonchev–Trinajstić information content (AvgIpc) is 3.20. The van der Waals surface area contributed by atoms with Crippen molar-refractivity contribution in [2.75, 3.05) is 19.2 Å². The van der Waals surface area contributed by atoms with Crippen LogP contribution in [0.1, 0.15) is 16.7 Å². The molecule has 1 aliphatic heterocycles. The second kappa shape index (κ2) is 8.66. The minimum absolute atomic E-state index is 0.271. The predicted octanol–water partition coefficient (Wildman–Crippen LogP) is 5.69. The zero-order chi connectivity index (χ0) is 20.2. The normalized spacial score (nSPS) is 12.0. The number of fused-ring (bicyclic) bond motifs is 1. The van der Waals surface area contributed by atoms with Crippen LogP contribution < -0.4 is 24.3 Å². The molecule has 0 amide bonds. The Morgan fingerprint density at radius 1 is 0.966 bits per heavy atom. The minimum Gasteiger partial charge on any atom is -0.493 e. The summed E-state index contributed by atoms with van der Waals surface area (Å²) in [6.45, 7) is 3.45. The van der Waals surface area contributed by atoms with Crippen LogP contribution in [0.25, 0.3) is 0 Å². The van der Waals surface area contributed by atoms with Crippen molar-refractivity contribution >= 4 is 21.6 Å². The highest BCUT2D eigenvalue weighted by atomic mass is 79.9. The topological polar surface area (TPSA) is 49.0 Å². The van der Waals surface area contributed by atoms with Crippen LogP contribution in [0, 0.1) is 6.92 Å². The zero-order valence-corrected chi connectivity index (χ0v) is 17.9. The van der Waals surface area contributed by atoms with E-state index >= 15 is 0 Å². The Hall–Kier alpha value is -2.86. The fourth-order valence-corrected chi connectivity index (χ4v) is 3.67. The summed E-state index contributed by atoms with van der Waals surface area (Å²) in [4.78, 5) is 0. The SMILES string of the molecule is COc1cc(CNc2ccc3c(c2)OCO3)cc(Br)c1OCc1ccc(C)cc1. The third-order valence-electron chi connectivity index (χ3n) is 4.66. The molecule has 1 aliphatic rings. The molecule has 0 saturated heterocycles. The molecule has 1 N–H and O–H groups in total. The number of aryl methyl sites for hydroxylation is 1. The number of benzene rings is 3. The van der Waals surface area contributed by atoms with E-state index in [0.717, 1.165) is 32.8 Å². The maximum atomic E-state index is 6.03. The van der Waals surface area contributed by atoms with Gasteiger partial charge in [0.2, 0.25) is 6.79 Å². The number of rotatable bonds is 7. The average molecular weight is 456 g/mol. The van der Waals surface area contributed by atoms with Gasteiger partial charge in [-0.05, 0) is 58.2 Å². The van der Waals surface area contributed by atoms with Gasteiger partial charge in [-0.2, -0.15) is 0 Å². The van der Waals surface area contributed by atoms with Crippen LogP contribution in [0.2, 0.25) is 0 Å². The molecule has 0 aliphatic carbocycles. The highest BCUT2D eigenvalue weighted by Gasteiger charge is 2.14. The van der Waals surface area contributed by atoms with Crippen molar-refractivity contribution in [2.45, 2.75) is 20.1 Å². The second-order valence-corrected chi connectivity index (χ2v) is 7.66. The molecular formula is C23H22BrNO4. The van der Waals surface area contributed by atoms with Crippen molar-refractivity contribution < 1.29 is 18.9 Å². The summed E-state index contributed by atoms with van der Waals surface area (Å²) in [6, 6.07) is 18.1. The van der Waals surface area contributed by atoms with Gasteiger partial charge in [-0.15, -0.1) is 0 Å². The van der Waals surface area contributed by atoms with Gasteiger partial charge < -0.3 is 24.3 Å². The molecule has 0 unspecified atom stereocenters. The molecule has 0 atom stereocenters. The van der Waals surface area contributed by atoms with Crippen molar-refractivity contribution in [1.29, 1.82) is 0 Å². The molecule has 0 bridgehead atoms. The Labute approximate surface area is 178 Å². The molecule has 6 heteroatoms. The molecular weight excluding hydrogens is 434 g/mol. The maximum Gasteiger partial charge on any atom is 0.231 e. The van der Waals surface area contributed by atoms with Crippen molar-refractivity contribution in [3.63, 3.8) is 0 Å². The number of anilines is 1. The zero-order valence-electron chi connectivity index (χ0n) is 16.3. The van der Waals surface area contributed by atoms with E-state index in [-0.39, 0.29) is 6.79 Å². The summed E-state index contributed by atoms with van der Waals surface area (Å²) in [5, 5.41) is 3.40. The summed E-state index contributed by atoms with van der Waals surface area (Å²) in [6.07, 6.45) is 0. The first-order valence-electron chi connectivity index (χ1n) is 9.30. The number of nitrogens with one attached hydrogen (secondary N) is 1. The highest BCUT2D eigenvalue weighted by Crippen LogP contribution is 2.38. The second-order valence-electron chi connectivity index (χ2n) is 6.80.